The van der Waals surface area contributed by atoms with Crippen LogP contribution in [0.5, 0.6) is 11.5 Å². The first-order chi connectivity index (χ1) is 13.5. The highest BCUT2D eigenvalue weighted by atomic mass is 16.5. The Labute approximate surface area is 162 Å². The Kier molecular flexibility index (Phi) is 4.81. The predicted molar refractivity (Wildman–Crippen MR) is 106 cm³/mol. The van der Waals surface area contributed by atoms with E-state index in [2.05, 4.69) is 15.3 Å². The van der Waals surface area contributed by atoms with Crippen molar-refractivity contribution in [1.29, 1.82) is 0 Å². The van der Waals surface area contributed by atoms with Crippen molar-refractivity contribution in [3.05, 3.63) is 57.6 Å². The molecule has 2 aromatic heterocycles. The minimum absolute atomic E-state index is 0.102. The van der Waals surface area contributed by atoms with Crippen molar-refractivity contribution in [3.8, 4) is 11.5 Å². The number of hydrogen-bond acceptors (Lipinski definition) is 4. The van der Waals surface area contributed by atoms with Gasteiger partial charge in [0.2, 0.25) is 5.43 Å². The van der Waals surface area contributed by atoms with Crippen LogP contribution in [0.4, 0.5) is 0 Å². The summed E-state index contributed by atoms with van der Waals surface area (Å²) < 4.78 is 10.7. The van der Waals surface area contributed by atoms with Crippen molar-refractivity contribution < 1.29 is 14.3 Å². The summed E-state index contributed by atoms with van der Waals surface area (Å²) in [6.45, 7) is 1.58. The smallest absolute Gasteiger partial charge is 0.258 e. The van der Waals surface area contributed by atoms with Gasteiger partial charge in [0, 0.05) is 34.6 Å². The fourth-order valence-electron chi connectivity index (χ4n) is 3.77. The molecule has 1 aliphatic rings. The number of aromatic amines is 2. The van der Waals surface area contributed by atoms with Gasteiger partial charge in [0.05, 0.1) is 13.2 Å². The largest absolute Gasteiger partial charge is 0.497 e. The first kappa shape index (κ1) is 18.2. The SMILES string of the molecule is COc1ccc2[nH]c3c(c2c1)CCC[C@H]3NC(=O)COc1c[nH]c(C)cc1=O. The van der Waals surface area contributed by atoms with Gasteiger partial charge in [-0.05, 0) is 49.9 Å². The minimum Gasteiger partial charge on any atom is -0.497 e. The van der Waals surface area contributed by atoms with E-state index < -0.39 is 0 Å². The summed E-state index contributed by atoms with van der Waals surface area (Å²) in [7, 11) is 1.66. The monoisotopic (exact) mass is 381 g/mol. The summed E-state index contributed by atoms with van der Waals surface area (Å²) in [5.41, 5.74) is 3.80. The number of H-pyrrole nitrogens is 2. The van der Waals surface area contributed by atoms with Crippen molar-refractivity contribution in [2.75, 3.05) is 13.7 Å². The molecule has 0 saturated carbocycles. The third kappa shape index (κ3) is 3.47. The van der Waals surface area contributed by atoms with Gasteiger partial charge in [-0.1, -0.05) is 0 Å². The van der Waals surface area contributed by atoms with E-state index in [0.717, 1.165) is 47.3 Å². The molecule has 28 heavy (non-hydrogen) atoms. The van der Waals surface area contributed by atoms with E-state index in [9.17, 15) is 9.59 Å². The van der Waals surface area contributed by atoms with E-state index in [1.165, 1.54) is 17.8 Å². The number of carbonyl (C=O) groups is 1. The Balaban J connectivity index is 1.48. The molecule has 7 nitrogen and oxygen atoms in total. The first-order valence-electron chi connectivity index (χ1n) is 9.35. The first-order valence-corrected chi connectivity index (χ1v) is 9.35. The highest BCUT2D eigenvalue weighted by molar-refractivity contribution is 5.87. The molecule has 0 spiro atoms. The molecular formula is C21H23N3O4. The average molecular weight is 381 g/mol. The Morgan fingerprint density at radius 2 is 2.18 bits per heavy atom. The van der Waals surface area contributed by atoms with E-state index in [1.54, 1.807) is 14.0 Å². The molecule has 0 fully saturated rings. The third-order valence-corrected chi connectivity index (χ3v) is 5.13. The van der Waals surface area contributed by atoms with Crippen molar-refractivity contribution in [2.24, 2.45) is 0 Å². The number of nitrogens with one attached hydrogen (secondary N) is 3. The number of methoxy groups -OCH3 is 1. The van der Waals surface area contributed by atoms with Crippen molar-refractivity contribution in [1.82, 2.24) is 15.3 Å². The highest BCUT2D eigenvalue weighted by Crippen LogP contribution is 2.36. The molecule has 3 aromatic rings. The Bertz CT molecular complexity index is 1080. The number of ether oxygens (including phenoxy) is 2. The number of hydrogen-bond donors (Lipinski definition) is 3. The van der Waals surface area contributed by atoms with Gasteiger partial charge in [0.1, 0.15) is 5.75 Å². The third-order valence-electron chi connectivity index (χ3n) is 5.13. The van der Waals surface area contributed by atoms with Gasteiger partial charge in [-0.3, -0.25) is 9.59 Å². The second-order valence-corrected chi connectivity index (χ2v) is 7.07. The summed E-state index contributed by atoms with van der Waals surface area (Å²) in [5, 5.41) is 4.16. The molecule has 4 rings (SSSR count). The zero-order chi connectivity index (χ0) is 19.7. The Hall–Kier alpha value is -3.22. The lowest BCUT2D eigenvalue weighted by Crippen LogP contribution is -2.34. The van der Waals surface area contributed by atoms with Crippen LogP contribution in [0, 0.1) is 6.92 Å². The Morgan fingerprint density at radius 1 is 1.32 bits per heavy atom. The molecule has 0 unspecified atom stereocenters. The maximum absolute atomic E-state index is 12.4. The van der Waals surface area contributed by atoms with Crippen LogP contribution in [0.1, 0.15) is 35.8 Å². The van der Waals surface area contributed by atoms with Crippen molar-refractivity contribution in [2.45, 2.75) is 32.2 Å². The number of aryl methyl sites for hydroxylation is 2. The van der Waals surface area contributed by atoms with Crippen LogP contribution in [0.15, 0.2) is 35.3 Å². The van der Waals surface area contributed by atoms with Crippen molar-refractivity contribution in [3.63, 3.8) is 0 Å². The van der Waals surface area contributed by atoms with Gasteiger partial charge >= 0.3 is 0 Å². The number of rotatable bonds is 5. The maximum Gasteiger partial charge on any atom is 0.258 e. The lowest BCUT2D eigenvalue weighted by molar-refractivity contribution is -0.124. The summed E-state index contributed by atoms with van der Waals surface area (Å²) in [4.78, 5) is 30.6. The molecular weight excluding hydrogens is 358 g/mol. The molecule has 1 aliphatic carbocycles. The van der Waals surface area contributed by atoms with Crippen LogP contribution in [-0.4, -0.2) is 29.6 Å². The molecule has 0 aliphatic heterocycles. The van der Waals surface area contributed by atoms with Crippen LogP contribution in [0.3, 0.4) is 0 Å². The standard InChI is InChI=1S/C21H23N3O4/c1-12-8-18(25)19(10-22-12)28-11-20(26)23-17-5-3-4-14-15-9-13(27-2)6-7-16(15)24-21(14)17/h6-10,17,24H,3-5,11H2,1-2H3,(H,22,25)(H,23,26)/t17-/m1/s1. The van der Waals surface area contributed by atoms with E-state index >= 15 is 0 Å². The van der Waals surface area contributed by atoms with Gasteiger partial charge in [-0.25, -0.2) is 0 Å². The molecule has 0 saturated heterocycles. The van der Waals surface area contributed by atoms with E-state index in [1.807, 2.05) is 18.2 Å². The molecule has 0 radical (unpaired) electrons. The quantitative estimate of drug-likeness (QED) is 0.633. The number of carbonyl (C=O) groups excluding carboxylic acids is 1. The summed E-state index contributed by atoms with van der Waals surface area (Å²) in [6.07, 6.45) is 4.28. The van der Waals surface area contributed by atoms with E-state index in [4.69, 9.17) is 9.47 Å². The van der Waals surface area contributed by atoms with E-state index in [0.29, 0.717) is 0 Å². The second kappa shape index (κ2) is 7.42. The average Bonchev–Trinajstić information content (AvgIpc) is 3.06. The fraction of sp³-hybridized carbons (Fsp3) is 0.333. The Morgan fingerprint density at radius 3 is 2.96 bits per heavy atom. The van der Waals surface area contributed by atoms with Crippen molar-refractivity contribution >= 4 is 16.8 Å². The molecule has 0 bridgehead atoms. The molecule has 1 aromatic carbocycles. The van der Waals surface area contributed by atoms with Gasteiger partial charge < -0.3 is 24.8 Å². The lowest BCUT2D eigenvalue weighted by Gasteiger charge is -2.23. The minimum atomic E-state index is -0.255. The maximum atomic E-state index is 12.4. The van der Waals surface area contributed by atoms with E-state index in [-0.39, 0.29) is 29.7 Å². The summed E-state index contributed by atoms with van der Waals surface area (Å²) in [6, 6.07) is 7.29. The highest BCUT2D eigenvalue weighted by Gasteiger charge is 2.26. The molecule has 2 heterocycles. The number of amides is 1. The molecule has 3 N–H and O–H groups in total. The van der Waals surface area contributed by atoms with Gasteiger partial charge in [-0.15, -0.1) is 0 Å². The van der Waals surface area contributed by atoms with Crippen LogP contribution < -0.4 is 20.2 Å². The molecule has 146 valence electrons. The molecule has 1 atom stereocenters. The predicted octanol–water partition coefficient (Wildman–Crippen LogP) is 2.75. The molecule has 7 heteroatoms. The normalized spacial score (nSPS) is 15.9. The summed E-state index contributed by atoms with van der Waals surface area (Å²) >= 11 is 0. The number of fused-ring (bicyclic) bond motifs is 3. The zero-order valence-corrected chi connectivity index (χ0v) is 15.9. The summed E-state index contributed by atoms with van der Waals surface area (Å²) in [5.74, 6) is 0.703. The number of benzene rings is 1. The van der Waals surface area contributed by atoms with Gasteiger partial charge in [0.15, 0.2) is 12.4 Å². The lowest BCUT2D eigenvalue weighted by atomic mass is 9.91. The topological polar surface area (TPSA) is 96.2 Å². The van der Waals surface area contributed by atoms with Gasteiger partial charge in [-0.2, -0.15) is 0 Å². The molecule has 1 amide bonds. The van der Waals surface area contributed by atoms with Gasteiger partial charge in [0.25, 0.3) is 5.91 Å². The zero-order valence-electron chi connectivity index (χ0n) is 15.9. The fourth-order valence-corrected chi connectivity index (χ4v) is 3.77. The second-order valence-electron chi connectivity index (χ2n) is 7.07. The number of pyridine rings is 1. The van der Waals surface area contributed by atoms with Crippen LogP contribution in [0.25, 0.3) is 10.9 Å². The van der Waals surface area contributed by atoms with Crippen LogP contribution in [-0.2, 0) is 11.2 Å². The number of aromatic nitrogens is 2. The van der Waals surface area contributed by atoms with Crippen LogP contribution >= 0.6 is 0 Å². The van der Waals surface area contributed by atoms with Crippen LogP contribution in [0.2, 0.25) is 0 Å².